The molecule has 1 atom stereocenters. The van der Waals surface area contributed by atoms with Crippen LogP contribution in [-0.2, 0) is 15.9 Å². The van der Waals surface area contributed by atoms with Crippen LogP contribution in [0.1, 0.15) is 29.5 Å². The molecule has 2 fully saturated rings. The Morgan fingerprint density at radius 2 is 1.45 bits per heavy atom. The van der Waals surface area contributed by atoms with Gasteiger partial charge in [0.25, 0.3) is 5.91 Å². The van der Waals surface area contributed by atoms with Crippen LogP contribution in [0.3, 0.4) is 0 Å². The summed E-state index contributed by atoms with van der Waals surface area (Å²) in [6, 6.07) is 22.1. The van der Waals surface area contributed by atoms with E-state index >= 15 is 0 Å². The third-order valence-corrected chi connectivity index (χ3v) is 6.74. The van der Waals surface area contributed by atoms with Crippen LogP contribution >= 0.6 is 0 Å². The number of carbonyl (C=O) groups excluding carboxylic acids is 2. The largest absolute Gasteiger partial charge is 0.385 e. The summed E-state index contributed by atoms with van der Waals surface area (Å²) >= 11 is 0. The van der Waals surface area contributed by atoms with Crippen LogP contribution in [0.25, 0.3) is 0 Å². The minimum atomic E-state index is -1.31. The van der Waals surface area contributed by atoms with Crippen molar-refractivity contribution in [1.82, 2.24) is 20.1 Å². The quantitative estimate of drug-likeness (QED) is 0.594. The molecule has 33 heavy (non-hydrogen) atoms. The van der Waals surface area contributed by atoms with Gasteiger partial charge in [0, 0.05) is 31.0 Å². The number of aromatic nitrogens is 1. The van der Waals surface area contributed by atoms with Gasteiger partial charge in [0.2, 0.25) is 0 Å². The Balaban J connectivity index is 1.37. The lowest BCUT2D eigenvalue weighted by Gasteiger charge is -2.39. The zero-order valence-corrected chi connectivity index (χ0v) is 18.2. The highest BCUT2D eigenvalue weighted by molar-refractivity contribution is 6.09. The molecule has 2 aromatic carbocycles. The number of benzene rings is 2. The van der Waals surface area contributed by atoms with Gasteiger partial charge in [-0.3, -0.25) is 14.7 Å². The monoisotopic (exact) mass is 442 g/mol. The first-order chi connectivity index (χ1) is 16.0. The predicted molar refractivity (Wildman–Crippen MR) is 123 cm³/mol. The number of aliphatic hydroxyl groups is 1. The third kappa shape index (κ3) is 3.69. The minimum Gasteiger partial charge on any atom is -0.385 e. The first-order valence-corrected chi connectivity index (χ1v) is 11.1. The van der Waals surface area contributed by atoms with Crippen LogP contribution in [0, 0.1) is 0 Å². The van der Waals surface area contributed by atoms with Gasteiger partial charge in [-0.2, -0.15) is 0 Å². The fourth-order valence-electron chi connectivity index (χ4n) is 4.84. The summed E-state index contributed by atoms with van der Waals surface area (Å²) in [7, 11) is 0. The first-order valence-electron chi connectivity index (χ1n) is 11.1. The molecule has 2 aliphatic rings. The highest BCUT2D eigenvalue weighted by atomic mass is 16.3. The summed E-state index contributed by atoms with van der Waals surface area (Å²) in [5.41, 5.74) is 0.00974. The molecular formula is C26H26N4O3. The van der Waals surface area contributed by atoms with Crippen molar-refractivity contribution in [3.8, 4) is 0 Å². The third-order valence-electron chi connectivity index (χ3n) is 6.74. The van der Waals surface area contributed by atoms with Crippen molar-refractivity contribution in [3.63, 3.8) is 0 Å². The molecule has 5 rings (SSSR count). The summed E-state index contributed by atoms with van der Waals surface area (Å²) < 4.78 is 0. The maximum atomic E-state index is 13.8. The molecule has 2 aliphatic heterocycles. The summed E-state index contributed by atoms with van der Waals surface area (Å²) in [6.07, 6.45) is 4.33. The highest BCUT2D eigenvalue weighted by Crippen LogP contribution is 2.37. The maximum Gasteiger partial charge on any atom is 0.326 e. The van der Waals surface area contributed by atoms with E-state index in [1.807, 2.05) is 71.6 Å². The number of hydrogen-bond acceptors (Lipinski definition) is 5. The summed E-state index contributed by atoms with van der Waals surface area (Å²) in [5, 5.41) is 14.1. The smallest absolute Gasteiger partial charge is 0.326 e. The Morgan fingerprint density at radius 1 is 0.848 bits per heavy atom. The van der Waals surface area contributed by atoms with Crippen molar-refractivity contribution < 1.29 is 14.7 Å². The zero-order valence-electron chi connectivity index (χ0n) is 18.2. The average Bonchev–Trinajstić information content (AvgIpc) is 3.13. The lowest BCUT2D eigenvalue weighted by molar-refractivity contribution is -0.132. The van der Waals surface area contributed by atoms with Gasteiger partial charge < -0.3 is 10.4 Å². The molecule has 2 N–H and O–H groups in total. The topological polar surface area (TPSA) is 85.8 Å². The number of nitrogens with one attached hydrogen (secondary N) is 1. The fourth-order valence-corrected chi connectivity index (χ4v) is 4.84. The molecular weight excluding hydrogens is 416 g/mol. The van der Waals surface area contributed by atoms with Gasteiger partial charge in [-0.05, 0) is 30.0 Å². The van der Waals surface area contributed by atoms with Crippen molar-refractivity contribution in [2.75, 3.05) is 19.8 Å². The normalized spacial score (nSPS) is 22.9. The van der Waals surface area contributed by atoms with Crippen LogP contribution in [-0.4, -0.2) is 51.6 Å². The molecule has 7 heteroatoms. The molecule has 7 nitrogen and oxygen atoms in total. The number of hydrogen-bond donors (Lipinski definition) is 2. The van der Waals surface area contributed by atoms with Crippen molar-refractivity contribution >= 4 is 11.9 Å². The number of amides is 3. The number of imide groups is 1. The lowest BCUT2D eigenvalue weighted by Crippen LogP contribution is -2.49. The number of pyridine rings is 1. The van der Waals surface area contributed by atoms with E-state index in [0.717, 1.165) is 5.56 Å². The van der Waals surface area contributed by atoms with Crippen molar-refractivity contribution in [2.45, 2.75) is 24.0 Å². The molecule has 3 heterocycles. The van der Waals surface area contributed by atoms with E-state index in [9.17, 15) is 14.7 Å². The van der Waals surface area contributed by atoms with Crippen LogP contribution in [0.2, 0.25) is 0 Å². The number of carbonyl (C=O) groups is 2. The van der Waals surface area contributed by atoms with Gasteiger partial charge in [0.05, 0.1) is 12.3 Å². The van der Waals surface area contributed by atoms with Crippen LogP contribution in [0.4, 0.5) is 4.79 Å². The van der Waals surface area contributed by atoms with Crippen LogP contribution < -0.4 is 5.32 Å². The summed E-state index contributed by atoms with van der Waals surface area (Å²) in [6.45, 7) is 1.33. The van der Waals surface area contributed by atoms with E-state index < -0.39 is 17.2 Å². The Morgan fingerprint density at radius 3 is 2.06 bits per heavy atom. The van der Waals surface area contributed by atoms with E-state index in [-0.39, 0.29) is 12.6 Å². The molecule has 0 saturated carbocycles. The number of nitrogens with zero attached hydrogens (tertiary/aromatic N) is 3. The number of rotatable bonds is 5. The molecule has 2 saturated heterocycles. The fraction of sp³-hybridized carbons (Fsp3) is 0.269. The number of likely N-dealkylation sites (tertiary alicyclic amines) is 1. The van der Waals surface area contributed by atoms with Crippen LogP contribution in [0.5, 0.6) is 0 Å². The molecule has 1 unspecified atom stereocenters. The highest BCUT2D eigenvalue weighted by Gasteiger charge is 2.54. The minimum absolute atomic E-state index is 0.171. The second-order valence-electron chi connectivity index (χ2n) is 8.68. The maximum absolute atomic E-state index is 13.8. The van der Waals surface area contributed by atoms with Gasteiger partial charge in [-0.25, -0.2) is 9.69 Å². The first kappa shape index (κ1) is 21.3. The Labute approximate surface area is 192 Å². The van der Waals surface area contributed by atoms with Gasteiger partial charge in [0.15, 0.2) is 5.54 Å². The lowest BCUT2D eigenvalue weighted by atomic mass is 9.83. The van der Waals surface area contributed by atoms with Crippen molar-refractivity contribution in [1.29, 1.82) is 0 Å². The van der Waals surface area contributed by atoms with Gasteiger partial charge in [-0.1, -0.05) is 66.7 Å². The Kier molecular flexibility index (Phi) is 5.44. The van der Waals surface area contributed by atoms with Gasteiger partial charge in [0.1, 0.15) is 0 Å². The molecule has 3 amide bonds. The van der Waals surface area contributed by atoms with E-state index in [1.165, 1.54) is 4.90 Å². The van der Waals surface area contributed by atoms with Crippen LogP contribution in [0.15, 0.2) is 85.2 Å². The number of piperidine rings is 1. The molecule has 0 aliphatic carbocycles. The van der Waals surface area contributed by atoms with E-state index in [2.05, 4.69) is 10.3 Å². The summed E-state index contributed by atoms with van der Waals surface area (Å²) in [5.74, 6) is -0.324. The second kappa shape index (κ2) is 8.42. The van der Waals surface area contributed by atoms with Gasteiger partial charge >= 0.3 is 6.03 Å². The second-order valence-corrected chi connectivity index (χ2v) is 8.68. The van der Waals surface area contributed by atoms with E-state index in [1.54, 1.807) is 18.5 Å². The predicted octanol–water partition coefficient (Wildman–Crippen LogP) is 2.82. The van der Waals surface area contributed by atoms with Gasteiger partial charge in [-0.15, -0.1) is 0 Å². The standard InChI is InChI=1S/C26H26N4O3/c31-23-26(21-10-5-2-6-11-21,22-12-7-15-27-18-22)28-24(32)30(23)19-29-16-13-25(33,14-17-29)20-8-3-1-4-9-20/h1-12,15,18,33H,13-14,16-17,19H2,(H,28,32). The van der Waals surface area contributed by atoms with Crippen molar-refractivity contribution in [2.24, 2.45) is 0 Å². The van der Waals surface area contributed by atoms with E-state index in [4.69, 9.17) is 0 Å². The molecule has 1 aromatic heterocycles. The zero-order chi connectivity index (χ0) is 22.9. The molecule has 168 valence electrons. The molecule has 0 radical (unpaired) electrons. The Hall–Kier alpha value is -3.55. The molecule has 3 aromatic rings. The summed E-state index contributed by atoms with van der Waals surface area (Å²) in [4.78, 5) is 34.4. The van der Waals surface area contributed by atoms with Crippen molar-refractivity contribution in [3.05, 3.63) is 102 Å². The Bertz CT molecular complexity index is 1090. The molecule has 0 bridgehead atoms. The average molecular weight is 443 g/mol. The molecule has 0 spiro atoms. The van der Waals surface area contributed by atoms with E-state index in [0.29, 0.717) is 37.1 Å². The SMILES string of the molecule is O=C1NC(c2ccccc2)(c2cccnc2)C(=O)N1CN1CCC(O)(c2ccccc2)CC1. The number of urea groups is 1.